The Hall–Kier alpha value is -3.41. The minimum atomic E-state index is -0.300. The Morgan fingerprint density at radius 2 is 1.85 bits per heavy atom. The highest BCUT2D eigenvalue weighted by Crippen LogP contribution is 2.21. The van der Waals surface area contributed by atoms with Crippen LogP contribution >= 0.6 is 9.24 Å². The summed E-state index contributed by atoms with van der Waals surface area (Å²) >= 11 is 0. The SMILES string of the molecule is CNCCN(CCN/C=N/c1ccccc1C=O)C(=O)c1ccc(-c2cccc(F)c2)c(P)c1. The molecule has 3 aromatic carbocycles. The van der Waals surface area contributed by atoms with Gasteiger partial charge >= 0.3 is 0 Å². The van der Waals surface area contributed by atoms with Crippen LogP contribution in [0.1, 0.15) is 20.7 Å². The van der Waals surface area contributed by atoms with E-state index in [2.05, 4.69) is 24.9 Å². The number of halogens is 1. The molecule has 8 heteroatoms. The Labute approximate surface area is 201 Å². The van der Waals surface area contributed by atoms with Gasteiger partial charge in [0, 0.05) is 37.3 Å². The van der Waals surface area contributed by atoms with E-state index in [1.165, 1.54) is 18.5 Å². The molecule has 0 aromatic heterocycles. The topological polar surface area (TPSA) is 73.8 Å². The summed E-state index contributed by atoms with van der Waals surface area (Å²) in [6, 6.07) is 18.9. The van der Waals surface area contributed by atoms with E-state index in [-0.39, 0.29) is 11.7 Å². The molecule has 1 atom stereocenters. The second-order valence-electron chi connectivity index (χ2n) is 7.60. The number of para-hydroxylation sites is 1. The van der Waals surface area contributed by atoms with Gasteiger partial charge in [0.05, 0.1) is 12.0 Å². The van der Waals surface area contributed by atoms with Crippen LogP contribution in [0.3, 0.4) is 0 Å². The number of aliphatic imine (C=N–C) groups is 1. The fraction of sp³-hybridized carbons (Fsp3) is 0.192. The molecule has 176 valence electrons. The van der Waals surface area contributed by atoms with Gasteiger partial charge in [-0.3, -0.25) is 9.59 Å². The molecule has 0 saturated heterocycles. The van der Waals surface area contributed by atoms with Gasteiger partial charge in [0.1, 0.15) is 5.82 Å². The van der Waals surface area contributed by atoms with Crippen LogP contribution in [-0.4, -0.2) is 56.7 Å². The molecule has 2 N–H and O–H groups in total. The first kappa shape index (κ1) is 25.2. The molecule has 3 rings (SSSR count). The monoisotopic (exact) mass is 478 g/mol. The van der Waals surface area contributed by atoms with Gasteiger partial charge in [-0.05, 0) is 59.9 Å². The molecule has 3 aromatic rings. The average molecular weight is 479 g/mol. The van der Waals surface area contributed by atoms with Crippen LogP contribution < -0.4 is 15.9 Å². The van der Waals surface area contributed by atoms with E-state index in [0.717, 1.165) is 22.7 Å². The quantitative estimate of drug-likeness (QED) is 0.146. The molecule has 0 aliphatic heterocycles. The number of likely N-dealkylation sites (N-methyl/N-ethyl adjacent to an activating group) is 1. The molecule has 0 aliphatic carbocycles. The molecule has 0 heterocycles. The van der Waals surface area contributed by atoms with E-state index in [9.17, 15) is 14.0 Å². The zero-order valence-electron chi connectivity index (χ0n) is 19.0. The second kappa shape index (κ2) is 12.7. The van der Waals surface area contributed by atoms with Gasteiger partial charge in [-0.15, -0.1) is 9.24 Å². The molecule has 34 heavy (non-hydrogen) atoms. The number of hydrogen-bond acceptors (Lipinski definition) is 4. The summed E-state index contributed by atoms with van der Waals surface area (Å²) in [5.74, 6) is -0.388. The van der Waals surface area contributed by atoms with Crippen molar-refractivity contribution in [3.63, 3.8) is 0 Å². The Kier molecular flexibility index (Phi) is 9.44. The third-order valence-corrected chi connectivity index (χ3v) is 5.72. The summed E-state index contributed by atoms with van der Waals surface area (Å²) in [4.78, 5) is 30.3. The van der Waals surface area contributed by atoms with Crippen LogP contribution in [0.2, 0.25) is 0 Å². The Balaban J connectivity index is 1.66. The largest absolute Gasteiger partial charge is 0.374 e. The first-order chi connectivity index (χ1) is 16.5. The molecule has 0 saturated carbocycles. The van der Waals surface area contributed by atoms with Gasteiger partial charge in [0.25, 0.3) is 5.91 Å². The highest BCUT2D eigenvalue weighted by molar-refractivity contribution is 7.28. The minimum absolute atomic E-state index is 0.0882. The summed E-state index contributed by atoms with van der Waals surface area (Å²) in [5.41, 5.74) is 3.28. The van der Waals surface area contributed by atoms with Gasteiger partial charge in [-0.25, -0.2) is 9.38 Å². The maximum Gasteiger partial charge on any atom is 0.253 e. The second-order valence-corrected chi connectivity index (χ2v) is 8.22. The van der Waals surface area contributed by atoms with Gasteiger partial charge in [-0.2, -0.15) is 0 Å². The Morgan fingerprint density at radius 3 is 2.59 bits per heavy atom. The molecule has 0 aliphatic rings. The lowest BCUT2D eigenvalue weighted by Crippen LogP contribution is -2.40. The lowest BCUT2D eigenvalue weighted by atomic mass is 10.0. The van der Waals surface area contributed by atoms with Crippen molar-refractivity contribution >= 4 is 38.8 Å². The highest BCUT2D eigenvalue weighted by atomic mass is 31.0. The molecule has 0 fully saturated rings. The smallest absolute Gasteiger partial charge is 0.253 e. The third kappa shape index (κ3) is 6.80. The highest BCUT2D eigenvalue weighted by Gasteiger charge is 2.16. The van der Waals surface area contributed by atoms with E-state index < -0.39 is 0 Å². The fourth-order valence-electron chi connectivity index (χ4n) is 3.44. The summed E-state index contributed by atoms with van der Waals surface area (Å²) in [5, 5.41) is 6.98. The first-order valence-electron chi connectivity index (χ1n) is 10.9. The molecule has 0 bridgehead atoms. The summed E-state index contributed by atoms with van der Waals surface area (Å²) < 4.78 is 13.6. The van der Waals surface area contributed by atoms with E-state index in [1.54, 1.807) is 35.2 Å². The molecule has 1 amide bonds. The number of benzene rings is 3. The van der Waals surface area contributed by atoms with Crippen molar-refractivity contribution in [1.82, 2.24) is 15.5 Å². The van der Waals surface area contributed by atoms with Gasteiger partial charge in [-0.1, -0.05) is 30.3 Å². The molecule has 0 spiro atoms. The van der Waals surface area contributed by atoms with Crippen molar-refractivity contribution in [3.8, 4) is 11.1 Å². The predicted octanol–water partition coefficient (Wildman–Crippen LogP) is 3.42. The lowest BCUT2D eigenvalue weighted by Gasteiger charge is -2.23. The van der Waals surface area contributed by atoms with Gasteiger partial charge in [0.2, 0.25) is 0 Å². The standard InChI is InChI=1S/C26H28FN4O2P/c1-28-11-13-31(14-12-29-18-30-24-8-3-2-5-21(24)17-32)26(33)20-9-10-23(25(34)16-20)19-6-4-7-22(27)15-19/h2-10,15-18,28H,11-14,34H2,1H3,(H,29,30). The summed E-state index contributed by atoms with van der Waals surface area (Å²) in [6.45, 7) is 2.17. The van der Waals surface area contributed by atoms with Crippen molar-refractivity contribution in [3.05, 3.63) is 83.7 Å². The normalized spacial score (nSPS) is 10.9. The van der Waals surface area contributed by atoms with E-state index in [4.69, 9.17) is 0 Å². The number of carbonyl (C=O) groups excluding carboxylic acids is 2. The molecule has 6 nitrogen and oxygen atoms in total. The maximum absolute atomic E-state index is 13.6. The number of nitrogens with zero attached hydrogens (tertiary/aromatic N) is 2. The zero-order valence-corrected chi connectivity index (χ0v) is 20.2. The number of amides is 1. The van der Waals surface area contributed by atoms with Crippen LogP contribution in [0, 0.1) is 5.82 Å². The van der Waals surface area contributed by atoms with Crippen LogP contribution in [0.25, 0.3) is 11.1 Å². The van der Waals surface area contributed by atoms with E-state index in [1.807, 2.05) is 31.3 Å². The van der Waals surface area contributed by atoms with Gasteiger partial charge < -0.3 is 15.5 Å². The van der Waals surface area contributed by atoms with Crippen molar-refractivity contribution in [1.29, 1.82) is 0 Å². The van der Waals surface area contributed by atoms with Gasteiger partial charge in [0.15, 0.2) is 6.29 Å². The Morgan fingerprint density at radius 1 is 1.06 bits per heavy atom. The molecular weight excluding hydrogens is 450 g/mol. The van der Waals surface area contributed by atoms with Crippen molar-refractivity contribution in [2.45, 2.75) is 0 Å². The lowest BCUT2D eigenvalue weighted by molar-refractivity contribution is 0.0761. The number of hydrogen-bond donors (Lipinski definition) is 2. The maximum atomic E-state index is 13.6. The predicted molar refractivity (Wildman–Crippen MR) is 139 cm³/mol. The van der Waals surface area contributed by atoms with Crippen LogP contribution in [0.15, 0.2) is 71.7 Å². The third-order valence-electron chi connectivity index (χ3n) is 5.24. The van der Waals surface area contributed by atoms with E-state index >= 15 is 0 Å². The molecule has 1 unspecified atom stereocenters. The minimum Gasteiger partial charge on any atom is -0.374 e. The van der Waals surface area contributed by atoms with Crippen LogP contribution in [0.5, 0.6) is 0 Å². The number of rotatable bonds is 11. The zero-order chi connectivity index (χ0) is 24.3. The molecular formula is C26H28FN4O2P. The summed E-state index contributed by atoms with van der Waals surface area (Å²) in [6.07, 6.45) is 2.31. The van der Waals surface area contributed by atoms with Crippen LogP contribution in [-0.2, 0) is 0 Å². The number of aldehydes is 1. The first-order valence-corrected chi connectivity index (χ1v) is 11.5. The Bertz CT molecular complexity index is 1170. The summed E-state index contributed by atoms with van der Waals surface area (Å²) in [7, 11) is 4.47. The average Bonchev–Trinajstić information content (AvgIpc) is 2.85. The van der Waals surface area contributed by atoms with Crippen molar-refractivity contribution < 1.29 is 14.0 Å². The van der Waals surface area contributed by atoms with Crippen molar-refractivity contribution in [2.24, 2.45) is 4.99 Å². The number of nitrogens with one attached hydrogen (secondary N) is 2. The van der Waals surface area contributed by atoms with Crippen molar-refractivity contribution in [2.75, 3.05) is 33.2 Å². The fourth-order valence-corrected chi connectivity index (χ4v) is 3.89. The number of carbonyl (C=O) groups is 2. The van der Waals surface area contributed by atoms with Crippen LogP contribution in [0.4, 0.5) is 10.1 Å². The van der Waals surface area contributed by atoms with E-state index in [0.29, 0.717) is 43.0 Å². The molecule has 0 radical (unpaired) electrons.